The predicted molar refractivity (Wildman–Crippen MR) is 68.4 cm³/mol. The standard InChI is InChI=1S/C13H21N3O2/c17-12(15-10-4-1-2-5-10)11-8-13(18-16-11)6-3-7-14-9-13/h10,14H,1-9H2,(H,15,17). The number of hydrogen-bond donors (Lipinski definition) is 2. The predicted octanol–water partition coefficient (Wildman–Crippen LogP) is 0.944. The Morgan fingerprint density at radius 2 is 2.22 bits per heavy atom. The first kappa shape index (κ1) is 12.0. The molecule has 18 heavy (non-hydrogen) atoms. The molecule has 1 aliphatic carbocycles. The van der Waals surface area contributed by atoms with E-state index in [-0.39, 0.29) is 11.5 Å². The molecule has 3 rings (SSSR count). The Kier molecular flexibility index (Phi) is 3.24. The second-order valence-electron chi connectivity index (χ2n) is 5.72. The summed E-state index contributed by atoms with van der Waals surface area (Å²) in [7, 11) is 0. The van der Waals surface area contributed by atoms with Crippen molar-refractivity contribution >= 4 is 11.6 Å². The minimum absolute atomic E-state index is 0.0238. The quantitative estimate of drug-likeness (QED) is 0.768. The molecule has 0 aromatic carbocycles. The van der Waals surface area contributed by atoms with Crippen LogP contribution in [0.1, 0.15) is 44.9 Å². The van der Waals surface area contributed by atoms with Gasteiger partial charge in [0.2, 0.25) is 0 Å². The van der Waals surface area contributed by atoms with Crippen LogP contribution in [-0.4, -0.2) is 36.4 Å². The second-order valence-corrected chi connectivity index (χ2v) is 5.72. The van der Waals surface area contributed by atoms with Crippen molar-refractivity contribution in [1.82, 2.24) is 10.6 Å². The van der Waals surface area contributed by atoms with Crippen molar-refractivity contribution in [1.29, 1.82) is 0 Å². The Morgan fingerprint density at radius 3 is 2.94 bits per heavy atom. The van der Waals surface area contributed by atoms with Gasteiger partial charge in [-0.25, -0.2) is 0 Å². The number of nitrogens with one attached hydrogen (secondary N) is 2. The van der Waals surface area contributed by atoms with Gasteiger partial charge in [-0.3, -0.25) is 4.79 Å². The van der Waals surface area contributed by atoms with Crippen LogP contribution in [0.5, 0.6) is 0 Å². The maximum absolute atomic E-state index is 12.1. The highest BCUT2D eigenvalue weighted by atomic mass is 16.7. The van der Waals surface area contributed by atoms with Crippen molar-refractivity contribution in [2.75, 3.05) is 13.1 Å². The fourth-order valence-electron chi connectivity index (χ4n) is 3.15. The summed E-state index contributed by atoms with van der Waals surface area (Å²) in [5.41, 5.74) is 0.325. The van der Waals surface area contributed by atoms with Crippen LogP contribution in [0.2, 0.25) is 0 Å². The number of piperidine rings is 1. The van der Waals surface area contributed by atoms with E-state index in [9.17, 15) is 4.79 Å². The van der Waals surface area contributed by atoms with E-state index < -0.39 is 0 Å². The molecule has 1 atom stereocenters. The van der Waals surface area contributed by atoms with Crippen LogP contribution >= 0.6 is 0 Å². The van der Waals surface area contributed by atoms with E-state index in [0.717, 1.165) is 38.8 Å². The number of carbonyl (C=O) groups excluding carboxylic acids is 1. The van der Waals surface area contributed by atoms with Crippen LogP contribution in [0, 0.1) is 0 Å². The number of nitrogens with zero attached hydrogens (tertiary/aromatic N) is 1. The zero-order chi connectivity index (χ0) is 12.4. The molecule has 5 heteroatoms. The van der Waals surface area contributed by atoms with Gasteiger partial charge in [-0.1, -0.05) is 18.0 Å². The Hall–Kier alpha value is -1.10. The lowest BCUT2D eigenvalue weighted by Crippen LogP contribution is -2.47. The van der Waals surface area contributed by atoms with E-state index in [4.69, 9.17) is 4.84 Å². The molecule has 1 unspecified atom stereocenters. The Balaban J connectivity index is 1.55. The molecule has 2 fully saturated rings. The molecule has 1 saturated carbocycles. The zero-order valence-corrected chi connectivity index (χ0v) is 10.7. The number of carbonyl (C=O) groups is 1. The van der Waals surface area contributed by atoms with E-state index in [0.29, 0.717) is 18.2 Å². The van der Waals surface area contributed by atoms with E-state index in [1.54, 1.807) is 0 Å². The van der Waals surface area contributed by atoms with Gasteiger partial charge >= 0.3 is 0 Å². The van der Waals surface area contributed by atoms with Crippen LogP contribution in [-0.2, 0) is 9.63 Å². The highest BCUT2D eigenvalue weighted by molar-refractivity contribution is 6.39. The summed E-state index contributed by atoms with van der Waals surface area (Å²) in [5.74, 6) is -0.0238. The lowest BCUT2D eigenvalue weighted by molar-refractivity contribution is -0.115. The molecular weight excluding hydrogens is 230 g/mol. The summed E-state index contributed by atoms with van der Waals surface area (Å²) < 4.78 is 0. The van der Waals surface area contributed by atoms with Crippen LogP contribution in [0.3, 0.4) is 0 Å². The van der Waals surface area contributed by atoms with Gasteiger partial charge in [0.15, 0.2) is 5.60 Å². The first-order valence-electron chi connectivity index (χ1n) is 7.04. The fourth-order valence-corrected chi connectivity index (χ4v) is 3.15. The number of amides is 1. The summed E-state index contributed by atoms with van der Waals surface area (Å²) in [5, 5.41) is 10.4. The van der Waals surface area contributed by atoms with Crippen molar-refractivity contribution in [2.45, 2.75) is 56.6 Å². The van der Waals surface area contributed by atoms with Gasteiger partial charge in [-0.05, 0) is 32.2 Å². The third-order valence-corrected chi connectivity index (χ3v) is 4.22. The Bertz CT molecular complexity index is 355. The third-order valence-electron chi connectivity index (χ3n) is 4.22. The molecule has 5 nitrogen and oxygen atoms in total. The Labute approximate surface area is 107 Å². The summed E-state index contributed by atoms with van der Waals surface area (Å²) in [6, 6.07) is 0.348. The summed E-state index contributed by atoms with van der Waals surface area (Å²) in [4.78, 5) is 17.6. The number of hydrogen-bond acceptors (Lipinski definition) is 4. The van der Waals surface area contributed by atoms with E-state index >= 15 is 0 Å². The SMILES string of the molecule is O=C(NC1CCCC1)C1=NOC2(CCCNC2)C1. The van der Waals surface area contributed by atoms with Gasteiger partial charge < -0.3 is 15.5 Å². The molecule has 2 N–H and O–H groups in total. The van der Waals surface area contributed by atoms with E-state index in [2.05, 4.69) is 15.8 Å². The molecule has 0 bridgehead atoms. The monoisotopic (exact) mass is 251 g/mol. The molecule has 0 aromatic heterocycles. The van der Waals surface area contributed by atoms with Gasteiger partial charge in [0.1, 0.15) is 5.71 Å². The second kappa shape index (κ2) is 4.88. The minimum Gasteiger partial charge on any atom is -0.387 e. The Morgan fingerprint density at radius 1 is 1.39 bits per heavy atom. The molecule has 1 amide bonds. The normalized spacial score (nSPS) is 32.3. The molecule has 1 saturated heterocycles. The van der Waals surface area contributed by atoms with Crippen LogP contribution in [0.15, 0.2) is 5.16 Å². The van der Waals surface area contributed by atoms with Crippen LogP contribution in [0.25, 0.3) is 0 Å². The summed E-state index contributed by atoms with van der Waals surface area (Å²) in [6.07, 6.45) is 7.39. The number of rotatable bonds is 2. The average molecular weight is 251 g/mol. The van der Waals surface area contributed by atoms with Crippen molar-refractivity contribution < 1.29 is 9.63 Å². The molecule has 3 aliphatic rings. The molecule has 0 radical (unpaired) electrons. The van der Waals surface area contributed by atoms with E-state index in [1.807, 2.05) is 0 Å². The molecule has 2 heterocycles. The maximum atomic E-state index is 12.1. The lowest BCUT2D eigenvalue weighted by Gasteiger charge is -2.30. The molecule has 1 spiro atoms. The molecule has 2 aliphatic heterocycles. The van der Waals surface area contributed by atoms with Crippen molar-refractivity contribution in [2.24, 2.45) is 5.16 Å². The zero-order valence-electron chi connectivity index (χ0n) is 10.7. The molecule has 100 valence electrons. The van der Waals surface area contributed by atoms with Gasteiger partial charge in [-0.15, -0.1) is 0 Å². The molecule has 0 aromatic rings. The average Bonchev–Trinajstić information content (AvgIpc) is 3.01. The maximum Gasteiger partial charge on any atom is 0.269 e. The fraction of sp³-hybridized carbons (Fsp3) is 0.846. The first-order chi connectivity index (χ1) is 8.77. The van der Waals surface area contributed by atoms with Crippen molar-refractivity contribution in [3.05, 3.63) is 0 Å². The summed E-state index contributed by atoms with van der Waals surface area (Å²) in [6.45, 7) is 1.84. The van der Waals surface area contributed by atoms with Crippen LogP contribution < -0.4 is 10.6 Å². The van der Waals surface area contributed by atoms with Gasteiger partial charge in [-0.2, -0.15) is 0 Å². The number of oxime groups is 1. The smallest absolute Gasteiger partial charge is 0.269 e. The highest BCUT2D eigenvalue weighted by Crippen LogP contribution is 2.30. The first-order valence-corrected chi connectivity index (χ1v) is 7.04. The van der Waals surface area contributed by atoms with E-state index in [1.165, 1.54) is 12.8 Å². The van der Waals surface area contributed by atoms with Crippen LogP contribution in [0.4, 0.5) is 0 Å². The van der Waals surface area contributed by atoms with Gasteiger partial charge in [0.25, 0.3) is 5.91 Å². The topological polar surface area (TPSA) is 62.7 Å². The molecular formula is C13H21N3O2. The van der Waals surface area contributed by atoms with Gasteiger partial charge in [0, 0.05) is 19.0 Å². The third kappa shape index (κ3) is 2.36. The lowest BCUT2D eigenvalue weighted by atomic mass is 9.89. The summed E-state index contributed by atoms with van der Waals surface area (Å²) >= 11 is 0. The van der Waals surface area contributed by atoms with Gasteiger partial charge in [0.05, 0.1) is 0 Å². The highest BCUT2D eigenvalue weighted by Gasteiger charge is 2.42. The van der Waals surface area contributed by atoms with Crippen molar-refractivity contribution in [3.63, 3.8) is 0 Å². The van der Waals surface area contributed by atoms with Crippen molar-refractivity contribution in [3.8, 4) is 0 Å². The largest absolute Gasteiger partial charge is 0.387 e. The minimum atomic E-state index is -0.249.